The monoisotopic (exact) mass is 390 g/mol. The number of fused-ring (bicyclic) bond motifs is 1. The van der Waals surface area contributed by atoms with Crippen LogP contribution in [0.5, 0.6) is 0 Å². The predicted octanol–water partition coefficient (Wildman–Crippen LogP) is 3.31. The van der Waals surface area contributed by atoms with Crippen LogP contribution in [-0.2, 0) is 20.7 Å². The zero-order valence-corrected chi connectivity index (χ0v) is 16.3. The third-order valence-electron chi connectivity index (χ3n) is 4.53. The first-order valence-corrected chi connectivity index (χ1v) is 9.21. The molecule has 0 saturated carbocycles. The second-order valence-corrected chi connectivity index (χ2v) is 6.66. The highest BCUT2D eigenvalue weighted by Crippen LogP contribution is 2.18. The Labute approximate surface area is 168 Å². The average molecular weight is 390 g/mol. The van der Waals surface area contributed by atoms with E-state index in [1.54, 1.807) is 24.3 Å². The summed E-state index contributed by atoms with van der Waals surface area (Å²) in [6.45, 7) is 1.37. The van der Waals surface area contributed by atoms with Crippen molar-refractivity contribution >= 4 is 34.2 Å². The molecule has 0 aliphatic heterocycles. The SMILES string of the molecule is COC(=O)[C@H](Cc1ccc2ccccc2c1)NC(=O)c1ccccc1NC(C)=O. The molecule has 1 atom stereocenters. The number of carbonyl (C=O) groups is 3. The standard InChI is InChI=1S/C23H22N2O4/c1-15(26)24-20-10-6-5-9-19(20)22(27)25-21(23(28)29-2)14-16-11-12-17-7-3-4-8-18(17)13-16/h3-13,21H,14H2,1-2H3,(H,24,26)(H,25,27)/t21-/m0/s1. The van der Waals surface area contributed by atoms with E-state index in [9.17, 15) is 14.4 Å². The zero-order valence-electron chi connectivity index (χ0n) is 16.3. The van der Waals surface area contributed by atoms with Gasteiger partial charge in [-0.2, -0.15) is 0 Å². The molecule has 0 aliphatic rings. The minimum absolute atomic E-state index is 0.273. The number of hydrogen-bond acceptors (Lipinski definition) is 4. The number of anilines is 1. The van der Waals surface area contributed by atoms with Crippen molar-refractivity contribution in [2.75, 3.05) is 12.4 Å². The summed E-state index contributed by atoms with van der Waals surface area (Å²) in [5.41, 5.74) is 1.55. The number of carbonyl (C=O) groups excluding carboxylic acids is 3. The first-order valence-electron chi connectivity index (χ1n) is 9.21. The highest BCUT2D eigenvalue weighted by atomic mass is 16.5. The van der Waals surface area contributed by atoms with Crippen LogP contribution >= 0.6 is 0 Å². The Hall–Kier alpha value is -3.67. The summed E-state index contributed by atoms with van der Waals surface area (Å²) in [6.07, 6.45) is 0.283. The minimum Gasteiger partial charge on any atom is -0.467 e. The Kier molecular flexibility index (Phi) is 6.24. The van der Waals surface area contributed by atoms with Gasteiger partial charge in [-0.05, 0) is 28.5 Å². The minimum atomic E-state index is -0.862. The van der Waals surface area contributed by atoms with Crippen LogP contribution in [-0.4, -0.2) is 30.9 Å². The number of rotatable bonds is 6. The summed E-state index contributed by atoms with van der Waals surface area (Å²) >= 11 is 0. The first-order chi connectivity index (χ1) is 14.0. The van der Waals surface area contributed by atoms with E-state index in [-0.39, 0.29) is 17.9 Å². The molecule has 6 heteroatoms. The largest absolute Gasteiger partial charge is 0.467 e. The lowest BCUT2D eigenvalue weighted by Gasteiger charge is -2.18. The molecule has 0 saturated heterocycles. The van der Waals surface area contributed by atoms with Crippen LogP contribution in [0.1, 0.15) is 22.8 Å². The normalized spacial score (nSPS) is 11.5. The maximum atomic E-state index is 12.8. The number of amides is 2. The molecule has 2 N–H and O–H groups in total. The van der Waals surface area contributed by atoms with E-state index in [4.69, 9.17) is 4.74 Å². The average Bonchev–Trinajstić information content (AvgIpc) is 2.72. The smallest absolute Gasteiger partial charge is 0.328 e. The van der Waals surface area contributed by atoms with Crippen molar-refractivity contribution in [3.63, 3.8) is 0 Å². The second-order valence-electron chi connectivity index (χ2n) is 6.66. The molecule has 0 spiro atoms. The van der Waals surface area contributed by atoms with Crippen molar-refractivity contribution in [1.82, 2.24) is 5.32 Å². The number of para-hydroxylation sites is 1. The van der Waals surface area contributed by atoms with Gasteiger partial charge in [-0.1, -0.05) is 54.6 Å². The molecule has 0 radical (unpaired) electrons. The van der Waals surface area contributed by atoms with Gasteiger partial charge in [0.2, 0.25) is 5.91 Å². The summed E-state index contributed by atoms with van der Waals surface area (Å²) in [5, 5.41) is 7.50. The highest BCUT2D eigenvalue weighted by Gasteiger charge is 2.24. The van der Waals surface area contributed by atoms with Gasteiger partial charge < -0.3 is 15.4 Å². The summed E-state index contributed by atoms with van der Waals surface area (Å²) < 4.78 is 4.88. The quantitative estimate of drug-likeness (QED) is 0.633. The number of hydrogen-bond donors (Lipinski definition) is 2. The van der Waals surface area contributed by atoms with Gasteiger partial charge in [-0.15, -0.1) is 0 Å². The van der Waals surface area contributed by atoms with Crippen molar-refractivity contribution in [2.24, 2.45) is 0 Å². The maximum absolute atomic E-state index is 12.8. The zero-order chi connectivity index (χ0) is 20.8. The van der Waals surface area contributed by atoms with Gasteiger partial charge in [0.25, 0.3) is 5.91 Å². The van der Waals surface area contributed by atoms with Crippen molar-refractivity contribution in [1.29, 1.82) is 0 Å². The molecule has 2 amide bonds. The molecule has 0 aliphatic carbocycles. The Morgan fingerprint density at radius 2 is 1.62 bits per heavy atom. The fourth-order valence-corrected chi connectivity index (χ4v) is 3.15. The van der Waals surface area contributed by atoms with Gasteiger partial charge in [-0.3, -0.25) is 9.59 Å². The summed E-state index contributed by atoms with van der Waals surface area (Å²) in [5.74, 6) is -1.29. The molecule has 3 rings (SSSR count). The molecule has 0 heterocycles. The highest BCUT2D eigenvalue weighted by molar-refractivity contribution is 6.04. The molecular formula is C23H22N2O4. The molecule has 0 unspecified atom stereocenters. The fraction of sp³-hybridized carbons (Fsp3) is 0.174. The lowest BCUT2D eigenvalue weighted by atomic mass is 10.0. The molecule has 6 nitrogen and oxygen atoms in total. The molecule has 0 fully saturated rings. The summed E-state index contributed by atoms with van der Waals surface area (Å²) in [7, 11) is 1.28. The van der Waals surface area contributed by atoms with Gasteiger partial charge in [0.1, 0.15) is 6.04 Å². The maximum Gasteiger partial charge on any atom is 0.328 e. The number of esters is 1. The van der Waals surface area contributed by atoms with E-state index in [1.807, 2.05) is 42.5 Å². The molecular weight excluding hydrogens is 368 g/mol. The van der Waals surface area contributed by atoms with E-state index in [2.05, 4.69) is 10.6 Å². The van der Waals surface area contributed by atoms with Crippen LogP contribution < -0.4 is 10.6 Å². The third kappa shape index (κ3) is 4.99. The van der Waals surface area contributed by atoms with E-state index in [0.717, 1.165) is 16.3 Å². The predicted molar refractivity (Wildman–Crippen MR) is 112 cm³/mol. The van der Waals surface area contributed by atoms with Gasteiger partial charge in [0, 0.05) is 13.3 Å². The lowest BCUT2D eigenvalue weighted by molar-refractivity contribution is -0.142. The summed E-state index contributed by atoms with van der Waals surface area (Å²) in [4.78, 5) is 36.5. The van der Waals surface area contributed by atoms with Crippen LogP contribution in [0.25, 0.3) is 10.8 Å². The molecule has 3 aromatic rings. The fourth-order valence-electron chi connectivity index (χ4n) is 3.15. The van der Waals surface area contributed by atoms with Crippen molar-refractivity contribution in [2.45, 2.75) is 19.4 Å². The Morgan fingerprint density at radius 1 is 0.931 bits per heavy atom. The van der Waals surface area contributed by atoms with E-state index in [0.29, 0.717) is 5.69 Å². The Morgan fingerprint density at radius 3 is 2.34 bits per heavy atom. The van der Waals surface area contributed by atoms with Gasteiger partial charge >= 0.3 is 5.97 Å². The van der Waals surface area contributed by atoms with E-state index >= 15 is 0 Å². The third-order valence-corrected chi connectivity index (χ3v) is 4.53. The molecule has 29 heavy (non-hydrogen) atoms. The Balaban J connectivity index is 1.83. The second kappa shape index (κ2) is 9.01. The van der Waals surface area contributed by atoms with Crippen molar-refractivity contribution < 1.29 is 19.1 Å². The van der Waals surface area contributed by atoms with Crippen LogP contribution in [0.2, 0.25) is 0 Å². The first kappa shape index (κ1) is 20.1. The molecule has 0 bridgehead atoms. The number of nitrogens with one attached hydrogen (secondary N) is 2. The van der Waals surface area contributed by atoms with Crippen molar-refractivity contribution in [3.8, 4) is 0 Å². The van der Waals surface area contributed by atoms with Crippen LogP contribution in [0, 0.1) is 0 Å². The molecule has 148 valence electrons. The van der Waals surface area contributed by atoms with Crippen molar-refractivity contribution in [3.05, 3.63) is 77.9 Å². The lowest BCUT2D eigenvalue weighted by Crippen LogP contribution is -2.43. The van der Waals surface area contributed by atoms with Crippen LogP contribution in [0.3, 0.4) is 0 Å². The van der Waals surface area contributed by atoms with Gasteiger partial charge in [0.15, 0.2) is 0 Å². The van der Waals surface area contributed by atoms with Crippen LogP contribution in [0.15, 0.2) is 66.7 Å². The number of benzene rings is 3. The number of methoxy groups -OCH3 is 1. The van der Waals surface area contributed by atoms with Crippen LogP contribution in [0.4, 0.5) is 5.69 Å². The van der Waals surface area contributed by atoms with E-state index in [1.165, 1.54) is 14.0 Å². The van der Waals surface area contributed by atoms with Gasteiger partial charge in [0.05, 0.1) is 18.4 Å². The van der Waals surface area contributed by atoms with Gasteiger partial charge in [-0.25, -0.2) is 4.79 Å². The summed E-state index contributed by atoms with van der Waals surface area (Å²) in [6, 6.07) is 19.6. The topological polar surface area (TPSA) is 84.5 Å². The number of ether oxygens (including phenoxy) is 1. The Bertz CT molecular complexity index is 1060. The van der Waals surface area contributed by atoms with E-state index < -0.39 is 17.9 Å². The molecule has 3 aromatic carbocycles. The molecule has 0 aromatic heterocycles.